The third-order valence-corrected chi connectivity index (χ3v) is 6.56. The Morgan fingerprint density at radius 1 is 1.00 bits per heavy atom. The molecular weight excluding hydrogens is 242 g/mol. The van der Waals surface area contributed by atoms with Crippen molar-refractivity contribution in [2.24, 2.45) is 17.3 Å². The molecule has 1 heterocycles. The third-order valence-electron chi connectivity index (χ3n) is 6.56. The SMILES string of the molecule is CCCC1(C)CCCC(C)C(C)(CC)NCCCC1C. The van der Waals surface area contributed by atoms with Gasteiger partial charge in [-0.15, -0.1) is 0 Å². The molecule has 0 aromatic carbocycles. The molecule has 0 spiro atoms. The van der Waals surface area contributed by atoms with Crippen LogP contribution in [-0.2, 0) is 0 Å². The minimum atomic E-state index is 0.342. The Balaban J connectivity index is 2.76. The Kier molecular flexibility index (Phi) is 7.04. The second-order valence-electron chi connectivity index (χ2n) is 7.94. The Bertz CT molecular complexity index is 275. The molecule has 0 aliphatic carbocycles. The molecule has 120 valence electrons. The zero-order valence-electron chi connectivity index (χ0n) is 15.0. The van der Waals surface area contributed by atoms with E-state index in [9.17, 15) is 0 Å². The molecule has 4 unspecified atom stereocenters. The summed E-state index contributed by atoms with van der Waals surface area (Å²) in [5.41, 5.74) is 0.913. The first-order chi connectivity index (χ1) is 9.38. The highest BCUT2D eigenvalue weighted by Crippen LogP contribution is 2.41. The lowest BCUT2D eigenvalue weighted by molar-refractivity contribution is 0.147. The number of hydrogen-bond acceptors (Lipinski definition) is 1. The lowest BCUT2D eigenvalue weighted by atomic mass is 9.69. The molecule has 1 saturated heterocycles. The largest absolute Gasteiger partial charge is 0.311 e. The predicted molar refractivity (Wildman–Crippen MR) is 91.1 cm³/mol. The van der Waals surface area contributed by atoms with Gasteiger partial charge in [0, 0.05) is 5.54 Å². The molecule has 1 rings (SSSR count). The second-order valence-corrected chi connectivity index (χ2v) is 7.94. The molecular formula is C19H39N. The van der Waals surface area contributed by atoms with E-state index in [2.05, 4.69) is 46.9 Å². The zero-order valence-corrected chi connectivity index (χ0v) is 15.0. The Labute approximate surface area is 128 Å². The van der Waals surface area contributed by atoms with Crippen molar-refractivity contribution < 1.29 is 0 Å². The molecule has 1 aliphatic heterocycles. The van der Waals surface area contributed by atoms with Gasteiger partial charge in [0.25, 0.3) is 0 Å². The predicted octanol–water partition coefficient (Wildman–Crippen LogP) is 5.79. The molecule has 0 radical (unpaired) electrons. The summed E-state index contributed by atoms with van der Waals surface area (Å²) in [7, 11) is 0. The van der Waals surface area contributed by atoms with Crippen LogP contribution in [-0.4, -0.2) is 12.1 Å². The highest BCUT2D eigenvalue weighted by atomic mass is 15.0. The van der Waals surface area contributed by atoms with Gasteiger partial charge in [0.1, 0.15) is 0 Å². The van der Waals surface area contributed by atoms with E-state index in [1.807, 2.05) is 0 Å². The number of hydrogen-bond donors (Lipinski definition) is 1. The molecule has 0 bridgehead atoms. The lowest BCUT2D eigenvalue weighted by Gasteiger charge is -2.37. The fourth-order valence-electron chi connectivity index (χ4n) is 4.10. The maximum absolute atomic E-state index is 3.87. The van der Waals surface area contributed by atoms with E-state index in [0.717, 1.165) is 11.8 Å². The molecule has 1 N–H and O–H groups in total. The standard InChI is InChI=1S/C19H39N/c1-7-13-18(5)14-9-11-17(4)19(6,8-2)20-15-10-12-16(18)3/h16-17,20H,7-15H2,1-6H3. The highest BCUT2D eigenvalue weighted by molar-refractivity contribution is 4.89. The summed E-state index contributed by atoms with van der Waals surface area (Å²) in [5, 5.41) is 3.87. The van der Waals surface area contributed by atoms with Crippen LogP contribution in [0.1, 0.15) is 92.9 Å². The van der Waals surface area contributed by atoms with Crippen molar-refractivity contribution in [2.45, 2.75) is 98.4 Å². The quantitative estimate of drug-likeness (QED) is 0.690. The molecule has 0 saturated carbocycles. The maximum Gasteiger partial charge on any atom is 0.0176 e. The van der Waals surface area contributed by atoms with Gasteiger partial charge in [-0.2, -0.15) is 0 Å². The van der Waals surface area contributed by atoms with Gasteiger partial charge in [0.05, 0.1) is 0 Å². The van der Waals surface area contributed by atoms with Gasteiger partial charge in [-0.25, -0.2) is 0 Å². The van der Waals surface area contributed by atoms with Gasteiger partial charge in [0.15, 0.2) is 0 Å². The van der Waals surface area contributed by atoms with Crippen molar-refractivity contribution in [3.63, 3.8) is 0 Å². The van der Waals surface area contributed by atoms with E-state index < -0.39 is 0 Å². The first kappa shape index (κ1) is 18.0. The van der Waals surface area contributed by atoms with E-state index in [1.54, 1.807) is 0 Å². The van der Waals surface area contributed by atoms with Crippen LogP contribution in [0.25, 0.3) is 0 Å². The summed E-state index contributed by atoms with van der Waals surface area (Å²) in [4.78, 5) is 0. The monoisotopic (exact) mass is 281 g/mol. The van der Waals surface area contributed by atoms with Crippen LogP contribution in [0.4, 0.5) is 0 Å². The van der Waals surface area contributed by atoms with Crippen LogP contribution >= 0.6 is 0 Å². The normalized spacial score (nSPS) is 41.1. The molecule has 0 amide bonds. The van der Waals surface area contributed by atoms with E-state index in [4.69, 9.17) is 0 Å². The summed E-state index contributed by atoms with van der Waals surface area (Å²) in [6.07, 6.45) is 10.9. The second kappa shape index (κ2) is 7.82. The Hall–Kier alpha value is -0.0400. The lowest BCUT2D eigenvalue weighted by Crippen LogP contribution is -2.47. The van der Waals surface area contributed by atoms with Gasteiger partial charge in [-0.1, -0.05) is 47.5 Å². The van der Waals surface area contributed by atoms with E-state index in [0.29, 0.717) is 11.0 Å². The van der Waals surface area contributed by atoms with Crippen LogP contribution < -0.4 is 5.32 Å². The topological polar surface area (TPSA) is 12.0 Å². The first-order valence-corrected chi connectivity index (χ1v) is 9.13. The molecule has 20 heavy (non-hydrogen) atoms. The summed E-state index contributed by atoms with van der Waals surface area (Å²) in [6.45, 7) is 15.8. The molecule has 0 aromatic heterocycles. The van der Waals surface area contributed by atoms with E-state index >= 15 is 0 Å². The van der Waals surface area contributed by atoms with E-state index in [-0.39, 0.29) is 0 Å². The van der Waals surface area contributed by atoms with Crippen LogP contribution in [0, 0.1) is 17.3 Å². The fourth-order valence-corrected chi connectivity index (χ4v) is 4.10. The summed E-state index contributed by atoms with van der Waals surface area (Å²) < 4.78 is 0. The fraction of sp³-hybridized carbons (Fsp3) is 1.00. The maximum atomic E-state index is 3.87. The van der Waals surface area contributed by atoms with Crippen molar-refractivity contribution in [2.75, 3.05) is 6.54 Å². The van der Waals surface area contributed by atoms with Crippen LogP contribution in [0.2, 0.25) is 0 Å². The van der Waals surface area contributed by atoms with Gasteiger partial charge in [0.2, 0.25) is 0 Å². The van der Waals surface area contributed by atoms with E-state index in [1.165, 1.54) is 57.9 Å². The van der Waals surface area contributed by atoms with Crippen molar-refractivity contribution >= 4 is 0 Å². The van der Waals surface area contributed by atoms with Crippen LogP contribution in [0.3, 0.4) is 0 Å². The smallest absolute Gasteiger partial charge is 0.0176 e. The highest BCUT2D eigenvalue weighted by Gasteiger charge is 2.33. The summed E-state index contributed by atoms with van der Waals surface area (Å²) in [5.74, 6) is 1.65. The Morgan fingerprint density at radius 3 is 2.25 bits per heavy atom. The van der Waals surface area contributed by atoms with Crippen LogP contribution in [0.5, 0.6) is 0 Å². The molecule has 4 atom stereocenters. The number of nitrogens with one attached hydrogen (secondary N) is 1. The van der Waals surface area contributed by atoms with Gasteiger partial charge >= 0.3 is 0 Å². The number of rotatable bonds is 3. The summed E-state index contributed by atoms with van der Waals surface area (Å²) >= 11 is 0. The molecule has 1 nitrogen and oxygen atoms in total. The minimum absolute atomic E-state index is 0.342. The van der Waals surface area contributed by atoms with Crippen molar-refractivity contribution in [1.82, 2.24) is 5.32 Å². The van der Waals surface area contributed by atoms with Crippen LogP contribution in [0.15, 0.2) is 0 Å². The van der Waals surface area contributed by atoms with Crippen molar-refractivity contribution in [1.29, 1.82) is 0 Å². The molecule has 0 aromatic rings. The first-order valence-electron chi connectivity index (χ1n) is 9.13. The molecule has 1 aliphatic rings. The molecule has 1 heteroatoms. The van der Waals surface area contributed by atoms with Gasteiger partial charge < -0.3 is 5.32 Å². The summed E-state index contributed by atoms with van der Waals surface area (Å²) in [6, 6.07) is 0. The minimum Gasteiger partial charge on any atom is -0.311 e. The third kappa shape index (κ3) is 4.48. The van der Waals surface area contributed by atoms with Crippen molar-refractivity contribution in [3.05, 3.63) is 0 Å². The van der Waals surface area contributed by atoms with Gasteiger partial charge in [-0.3, -0.25) is 0 Å². The average molecular weight is 282 g/mol. The van der Waals surface area contributed by atoms with Crippen molar-refractivity contribution in [3.8, 4) is 0 Å². The van der Waals surface area contributed by atoms with Gasteiger partial charge in [-0.05, 0) is 69.2 Å². The Morgan fingerprint density at radius 2 is 1.65 bits per heavy atom. The average Bonchev–Trinajstić information content (AvgIpc) is 2.43. The molecule has 1 fully saturated rings. The zero-order chi connectivity index (χ0) is 15.2.